The van der Waals surface area contributed by atoms with Crippen molar-refractivity contribution < 1.29 is 24.2 Å². The topological polar surface area (TPSA) is 111 Å². The summed E-state index contributed by atoms with van der Waals surface area (Å²) in [6.07, 6.45) is 1.06. The number of anilines is 1. The van der Waals surface area contributed by atoms with Gasteiger partial charge in [0, 0.05) is 30.2 Å². The van der Waals surface area contributed by atoms with E-state index < -0.39 is 11.7 Å². The maximum absolute atomic E-state index is 12.8. The summed E-state index contributed by atoms with van der Waals surface area (Å²) in [7, 11) is 0. The zero-order chi connectivity index (χ0) is 18.2. The largest absolute Gasteiger partial charge is 0.508 e. The molecule has 0 bridgehead atoms. The minimum Gasteiger partial charge on any atom is -0.508 e. The molecular formula is C17H16FN3O4. The summed E-state index contributed by atoms with van der Waals surface area (Å²) in [5.74, 6) is -1.55. The van der Waals surface area contributed by atoms with Crippen molar-refractivity contribution >= 4 is 23.7 Å². The number of carbonyl (C=O) groups is 2. The van der Waals surface area contributed by atoms with E-state index in [2.05, 4.69) is 15.8 Å². The molecule has 0 aliphatic carbocycles. The number of hydrogen-bond acceptors (Lipinski definition) is 5. The van der Waals surface area contributed by atoms with Crippen molar-refractivity contribution in [3.8, 4) is 11.5 Å². The Labute approximate surface area is 142 Å². The van der Waals surface area contributed by atoms with Gasteiger partial charge in [0.1, 0.15) is 17.3 Å². The van der Waals surface area contributed by atoms with Gasteiger partial charge in [-0.2, -0.15) is 5.10 Å². The van der Waals surface area contributed by atoms with E-state index in [1.807, 2.05) is 0 Å². The van der Waals surface area contributed by atoms with E-state index in [9.17, 15) is 19.1 Å². The average Bonchev–Trinajstić information content (AvgIpc) is 2.57. The normalized spacial score (nSPS) is 10.6. The minimum atomic E-state index is -0.483. The Balaban J connectivity index is 1.75. The lowest BCUT2D eigenvalue weighted by molar-refractivity contribution is -0.124. The highest BCUT2D eigenvalue weighted by Gasteiger charge is 2.07. The number of phenolic OH excluding ortho intramolecular Hbond substituents is 2. The summed E-state index contributed by atoms with van der Waals surface area (Å²) >= 11 is 0. The molecule has 7 nitrogen and oxygen atoms in total. The fourth-order valence-electron chi connectivity index (χ4n) is 1.85. The molecular weight excluding hydrogens is 329 g/mol. The van der Waals surface area contributed by atoms with Gasteiger partial charge >= 0.3 is 0 Å². The molecule has 4 N–H and O–H groups in total. The summed E-state index contributed by atoms with van der Waals surface area (Å²) in [6.45, 7) is 0. The molecule has 2 aromatic rings. The van der Waals surface area contributed by atoms with Crippen molar-refractivity contribution in [2.24, 2.45) is 5.10 Å². The van der Waals surface area contributed by atoms with Gasteiger partial charge in [-0.15, -0.1) is 0 Å². The zero-order valence-corrected chi connectivity index (χ0v) is 13.1. The molecule has 0 spiro atoms. The molecule has 8 heteroatoms. The van der Waals surface area contributed by atoms with Crippen LogP contribution in [0.2, 0.25) is 0 Å². The Bertz CT molecular complexity index is 791. The first-order valence-electron chi connectivity index (χ1n) is 7.33. The number of aromatic hydroxyl groups is 2. The number of hydrogen-bond donors (Lipinski definition) is 4. The fraction of sp³-hybridized carbons (Fsp3) is 0.118. The summed E-state index contributed by atoms with van der Waals surface area (Å²) < 4.78 is 12.8. The van der Waals surface area contributed by atoms with Gasteiger partial charge < -0.3 is 15.5 Å². The zero-order valence-electron chi connectivity index (χ0n) is 13.1. The SMILES string of the molecule is O=C(CCC(=O)Nc1ccc(F)cc1)N/N=C/c1ccc(O)cc1O. The van der Waals surface area contributed by atoms with Crippen LogP contribution in [0, 0.1) is 5.82 Å². The third-order valence-corrected chi connectivity index (χ3v) is 3.11. The van der Waals surface area contributed by atoms with Crippen LogP contribution in [0.1, 0.15) is 18.4 Å². The fourth-order valence-corrected chi connectivity index (χ4v) is 1.85. The van der Waals surface area contributed by atoms with Crippen LogP contribution in [0.3, 0.4) is 0 Å². The van der Waals surface area contributed by atoms with Gasteiger partial charge in [-0.1, -0.05) is 0 Å². The number of nitrogens with one attached hydrogen (secondary N) is 2. The van der Waals surface area contributed by atoms with E-state index in [-0.39, 0.29) is 30.2 Å². The maximum Gasteiger partial charge on any atom is 0.240 e. The summed E-state index contributed by atoms with van der Waals surface area (Å²) in [6, 6.07) is 9.21. The van der Waals surface area contributed by atoms with Crippen LogP contribution < -0.4 is 10.7 Å². The monoisotopic (exact) mass is 345 g/mol. The molecule has 0 atom stereocenters. The van der Waals surface area contributed by atoms with Crippen molar-refractivity contribution in [2.45, 2.75) is 12.8 Å². The van der Waals surface area contributed by atoms with Crippen LogP contribution in [-0.2, 0) is 9.59 Å². The van der Waals surface area contributed by atoms with Gasteiger partial charge in [-0.3, -0.25) is 9.59 Å². The highest BCUT2D eigenvalue weighted by molar-refractivity contribution is 5.93. The van der Waals surface area contributed by atoms with E-state index in [0.29, 0.717) is 11.3 Å². The quantitative estimate of drug-likeness (QED) is 0.474. The van der Waals surface area contributed by atoms with Crippen molar-refractivity contribution in [1.29, 1.82) is 0 Å². The van der Waals surface area contributed by atoms with Crippen molar-refractivity contribution in [2.75, 3.05) is 5.32 Å². The first kappa shape index (κ1) is 17.9. The van der Waals surface area contributed by atoms with E-state index in [1.165, 1.54) is 42.6 Å². The second-order valence-corrected chi connectivity index (χ2v) is 5.09. The standard InChI is InChI=1S/C17H16FN3O4/c18-12-2-4-13(5-3-12)20-16(24)7-8-17(25)21-19-10-11-1-6-14(22)9-15(11)23/h1-6,9-10,22-23H,7-8H2,(H,20,24)(H,21,25)/b19-10+. The molecule has 130 valence electrons. The molecule has 0 unspecified atom stereocenters. The predicted molar refractivity (Wildman–Crippen MR) is 89.8 cm³/mol. The van der Waals surface area contributed by atoms with E-state index in [1.54, 1.807) is 0 Å². The number of hydrazone groups is 1. The molecule has 0 aliphatic rings. The molecule has 0 aliphatic heterocycles. The molecule has 2 rings (SSSR count). The summed E-state index contributed by atoms with van der Waals surface area (Å²) in [5, 5.41) is 24.9. The lowest BCUT2D eigenvalue weighted by Crippen LogP contribution is -2.20. The number of benzene rings is 2. The summed E-state index contributed by atoms with van der Waals surface area (Å²) in [4.78, 5) is 23.3. The molecule has 0 fully saturated rings. The number of amides is 2. The molecule has 2 amide bonds. The van der Waals surface area contributed by atoms with Crippen molar-refractivity contribution in [3.05, 3.63) is 53.8 Å². The molecule has 0 radical (unpaired) electrons. The van der Waals surface area contributed by atoms with E-state index >= 15 is 0 Å². The Morgan fingerprint density at radius 2 is 1.72 bits per heavy atom. The number of nitrogens with zero attached hydrogens (tertiary/aromatic N) is 1. The third-order valence-electron chi connectivity index (χ3n) is 3.11. The summed E-state index contributed by atoms with van der Waals surface area (Å²) in [5.41, 5.74) is 2.98. The Kier molecular flexibility index (Phi) is 6.05. The van der Waals surface area contributed by atoms with Crippen molar-refractivity contribution in [3.63, 3.8) is 0 Å². The first-order valence-corrected chi connectivity index (χ1v) is 7.33. The first-order chi connectivity index (χ1) is 11.9. The highest BCUT2D eigenvalue weighted by atomic mass is 19.1. The molecule has 0 heterocycles. The predicted octanol–water partition coefficient (Wildman–Crippen LogP) is 2.11. The molecule has 0 aromatic heterocycles. The molecule has 0 saturated carbocycles. The van der Waals surface area contributed by atoms with Crippen LogP contribution in [0.25, 0.3) is 0 Å². The lowest BCUT2D eigenvalue weighted by atomic mass is 10.2. The van der Waals surface area contributed by atoms with Crippen LogP contribution in [0.5, 0.6) is 11.5 Å². The molecule has 2 aromatic carbocycles. The van der Waals surface area contributed by atoms with Gasteiger partial charge in [-0.05, 0) is 36.4 Å². The lowest BCUT2D eigenvalue weighted by Gasteiger charge is -2.04. The maximum atomic E-state index is 12.8. The number of carbonyl (C=O) groups excluding carboxylic acids is 2. The van der Waals surface area contributed by atoms with E-state index in [4.69, 9.17) is 5.11 Å². The molecule has 0 saturated heterocycles. The van der Waals surface area contributed by atoms with Gasteiger partial charge in [0.15, 0.2) is 0 Å². The van der Waals surface area contributed by atoms with Gasteiger partial charge in [0.25, 0.3) is 0 Å². The van der Waals surface area contributed by atoms with Gasteiger partial charge in [0.05, 0.1) is 6.21 Å². The van der Waals surface area contributed by atoms with Crippen LogP contribution in [0.4, 0.5) is 10.1 Å². The van der Waals surface area contributed by atoms with Crippen LogP contribution >= 0.6 is 0 Å². The Hall–Kier alpha value is -3.42. The number of halogens is 1. The third kappa shape index (κ3) is 5.94. The Morgan fingerprint density at radius 1 is 1.04 bits per heavy atom. The Morgan fingerprint density at radius 3 is 2.40 bits per heavy atom. The second kappa shape index (κ2) is 8.44. The van der Waals surface area contributed by atoms with Crippen molar-refractivity contribution in [1.82, 2.24) is 5.43 Å². The van der Waals surface area contributed by atoms with E-state index in [0.717, 1.165) is 6.07 Å². The number of rotatable bonds is 6. The molecule has 25 heavy (non-hydrogen) atoms. The second-order valence-electron chi connectivity index (χ2n) is 5.09. The van der Waals surface area contributed by atoms with Gasteiger partial charge in [0.2, 0.25) is 11.8 Å². The smallest absolute Gasteiger partial charge is 0.240 e. The average molecular weight is 345 g/mol. The van der Waals surface area contributed by atoms with Gasteiger partial charge in [-0.25, -0.2) is 9.82 Å². The number of phenols is 2. The highest BCUT2D eigenvalue weighted by Crippen LogP contribution is 2.20. The minimum absolute atomic E-state index is 0.0663. The van der Waals surface area contributed by atoms with Crippen LogP contribution in [-0.4, -0.2) is 28.2 Å². The van der Waals surface area contributed by atoms with Crippen LogP contribution in [0.15, 0.2) is 47.6 Å².